The fraction of sp³-hybridized carbons (Fsp3) is 0.474. The molecule has 0 bridgehead atoms. The van der Waals surface area contributed by atoms with Crippen molar-refractivity contribution in [2.24, 2.45) is 0 Å². The number of carbonyl (C=O) groups is 2. The van der Waals surface area contributed by atoms with E-state index in [1.807, 2.05) is 13.0 Å². The highest BCUT2D eigenvalue weighted by molar-refractivity contribution is 5.83. The summed E-state index contributed by atoms with van der Waals surface area (Å²) >= 11 is 0. The van der Waals surface area contributed by atoms with E-state index in [1.54, 1.807) is 23.1 Å². The van der Waals surface area contributed by atoms with Crippen LogP contribution in [0.5, 0.6) is 0 Å². The van der Waals surface area contributed by atoms with Crippen LogP contribution >= 0.6 is 0 Å². The average molecular weight is 386 g/mol. The number of hydrogen-bond donors (Lipinski definition) is 2. The van der Waals surface area contributed by atoms with Crippen LogP contribution in [0.1, 0.15) is 31.6 Å². The van der Waals surface area contributed by atoms with Gasteiger partial charge in [0.05, 0.1) is 30.1 Å². The molecule has 2 aromatic rings. The molecule has 1 aliphatic carbocycles. The highest BCUT2D eigenvalue weighted by atomic mass is 16.5. The number of nitrogens with zero attached hydrogens (tertiary/aromatic N) is 3. The number of hydrogen-bond acceptors (Lipinski definition) is 5. The molecule has 0 spiro atoms. The van der Waals surface area contributed by atoms with E-state index in [0.29, 0.717) is 16.7 Å². The van der Waals surface area contributed by atoms with Gasteiger partial charge in [-0.3, -0.25) is 9.59 Å². The van der Waals surface area contributed by atoms with E-state index in [1.165, 1.54) is 4.90 Å². The number of carboxylic acid groups (broad SMARTS) is 1. The van der Waals surface area contributed by atoms with E-state index in [4.69, 9.17) is 4.74 Å². The van der Waals surface area contributed by atoms with Gasteiger partial charge in [0.1, 0.15) is 5.82 Å². The van der Waals surface area contributed by atoms with Crippen LogP contribution in [-0.2, 0) is 9.53 Å². The zero-order valence-electron chi connectivity index (χ0n) is 15.5. The average Bonchev–Trinajstić information content (AvgIpc) is 3.53. The van der Waals surface area contributed by atoms with Crippen molar-refractivity contribution in [1.29, 1.82) is 0 Å². The first-order valence-corrected chi connectivity index (χ1v) is 9.36. The third-order valence-electron chi connectivity index (χ3n) is 5.25. The molecule has 1 aromatic carbocycles. The maximum absolute atomic E-state index is 13.2. The predicted molar refractivity (Wildman–Crippen MR) is 100.0 cm³/mol. The van der Waals surface area contributed by atoms with Gasteiger partial charge in [0.15, 0.2) is 6.10 Å². The molecule has 9 nitrogen and oxygen atoms in total. The molecule has 148 valence electrons. The Bertz CT molecular complexity index is 970. The normalized spacial score (nSPS) is 20.8. The van der Waals surface area contributed by atoms with Gasteiger partial charge < -0.3 is 24.6 Å². The van der Waals surface area contributed by atoms with Gasteiger partial charge in [0.25, 0.3) is 11.5 Å². The topological polar surface area (TPSA) is 116 Å². The van der Waals surface area contributed by atoms with Gasteiger partial charge in [-0.2, -0.15) is 0 Å². The molecular formula is C19H22N4O5. The molecule has 2 N–H and O–H groups in total. The molecule has 2 heterocycles. The number of aromatic nitrogens is 2. The van der Waals surface area contributed by atoms with Crippen molar-refractivity contribution >= 4 is 22.9 Å². The fourth-order valence-corrected chi connectivity index (χ4v) is 3.61. The summed E-state index contributed by atoms with van der Waals surface area (Å²) in [5, 5.41) is 9.71. The maximum Gasteiger partial charge on any atom is 0.407 e. The van der Waals surface area contributed by atoms with E-state index in [0.717, 1.165) is 12.8 Å². The van der Waals surface area contributed by atoms with E-state index in [-0.39, 0.29) is 37.2 Å². The Hall–Kier alpha value is -2.94. The van der Waals surface area contributed by atoms with Crippen LogP contribution in [-0.4, -0.2) is 68.7 Å². The Kier molecular flexibility index (Phi) is 4.76. The van der Waals surface area contributed by atoms with Gasteiger partial charge in [-0.05, 0) is 31.9 Å². The largest absolute Gasteiger partial charge is 0.465 e. The zero-order chi connectivity index (χ0) is 19.8. The lowest BCUT2D eigenvalue weighted by molar-refractivity contribution is -0.151. The molecule has 1 saturated carbocycles. The Morgan fingerprint density at radius 1 is 1.36 bits per heavy atom. The van der Waals surface area contributed by atoms with Crippen LogP contribution in [0.15, 0.2) is 29.1 Å². The second-order valence-corrected chi connectivity index (χ2v) is 7.21. The molecule has 1 aliphatic heterocycles. The lowest BCUT2D eigenvalue weighted by Gasteiger charge is -2.36. The highest BCUT2D eigenvalue weighted by Crippen LogP contribution is 2.34. The number of fused-ring (bicyclic) bond motifs is 1. The highest BCUT2D eigenvalue weighted by Gasteiger charge is 2.42. The number of aromatic amines is 1. The Labute approximate surface area is 160 Å². The minimum atomic E-state index is -1.06. The number of para-hydroxylation sites is 1. The second-order valence-electron chi connectivity index (χ2n) is 7.21. The number of amides is 2. The van der Waals surface area contributed by atoms with E-state index in [9.17, 15) is 19.5 Å². The van der Waals surface area contributed by atoms with E-state index >= 15 is 0 Å². The Morgan fingerprint density at radius 2 is 2.11 bits per heavy atom. The summed E-state index contributed by atoms with van der Waals surface area (Å²) in [6.45, 7) is 2.26. The minimum Gasteiger partial charge on any atom is -0.465 e. The summed E-state index contributed by atoms with van der Waals surface area (Å²) < 4.78 is 5.57. The van der Waals surface area contributed by atoms with Crippen LogP contribution in [0.2, 0.25) is 0 Å². The molecule has 2 amide bonds. The third kappa shape index (κ3) is 3.45. The summed E-state index contributed by atoms with van der Waals surface area (Å²) in [5.74, 6) is 0.145. The molecule has 4 rings (SSSR count). The van der Waals surface area contributed by atoms with Crippen molar-refractivity contribution in [1.82, 2.24) is 19.8 Å². The molecule has 2 aliphatic rings. The standard InChI is InChI=1S/C19H22N4O5/c1-11(16-20-14-5-3-2-4-13(14)17(24)21-16)23(12-6-7-12)18(25)15-10-22(19(26)27)8-9-28-15/h2-5,11-12,15H,6-10H2,1H3,(H,26,27)(H,20,21,24)/t11-,15-/m1/s1. The lowest BCUT2D eigenvalue weighted by Crippen LogP contribution is -2.53. The van der Waals surface area contributed by atoms with Gasteiger partial charge >= 0.3 is 6.09 Å². The van der Waals surface area contributed by atoms with E-state index in [2.05, 4.69) is 9.97 Å². The molecule has 0 unspecified atom stereocenters. The Morgan fingerprint density at radius 3 is 2.82 bits per heavy atom. The number of nitrogens with one attached hydrogen (secondary N) is 1. The van der Waals surface area contributed by atoms with Gasteiger partial charge in [0, 0.05) is 12.6 Å². The molecule has 9 heteroatoms. The summed E-state index contributed by atoms with van der Waals surface area (Å²) in [7, 11) is 0. The molecule has 28 heavy (non-hydrogen) atoms. The molecular weight excluding hydrogens is 364 g/mol. The van der Waals surface area contributed by atoms with Crippen LogP contribution < -0.4 is 5.56 Å². The smallest absolute Gasteiger partial charge is 0.407 e. The first kappa shape index (κ1) is 18.4. The number of ether oxygens (including phenoxy) is 1. The number of morpholine rings is 1. The first-order chi connectivity index (χ1) is 13.5. The van der Waals surface area contributed by atoms with Crippen molar-refractivity contribution in [2.75, 3.05) is 19.7 Å². The van der Waals surface area contributed by atoms with Crippen LogP contribution in [0.25, 0.3) is 10.9 Å². The number of rotatable bonds is 4. The SMILES string of the molecule is C[C@H](c1nc2ccccc2c(=O)[nH]1)N(C(=O)[C@H]1CN(C(=O)O)CCO1)C1CC1. The maximum atomic E-state index is 13.2. The third-order valence-corrected chi connectivity index (χ3v) is 5.25. The van der Waals surface area contributed by atoms with Crippen molar-refractivity contribution in [3.8, 4) is 0 Å². The summed E-state index contributed by atoms with van der Waals surface area (Å²) in [6.07, 6.45) is -0.181. The zero-order valence-corrected chi connectivity index (χ0v) is 15.5. The second kappa shape index (κ2) is 7.23. The van der Waals surface area contributed by atoms with Crippen molar-refractivity contribution in [3.63, 3.8) is 0 Å². The minimum absolute atomic E-state index is 0.00573. The summed E-state index contributed by atoms with van der Waals surface area (Å²) in [5.41, 5.74) is 0.323. The van der Waals surface area contributed by atoms with Gasteiger partial charge in [0.2, 0.25) is 0 Å². The number of carbonyl (C=O) groups excluding carboxylic acids is 1. The summed E-state index contributed by atoms with van der Waals surface area (Å²) in [6, 6.07) is 6.64. The first-order valence-electron chi connectivity index (χ1n) is 9.36. The molecule has 2 atom stereocenters. The summed E-state index contributed by atoms with van der Waals surface area (Å²) in [4.78, 5) is 47.0. The van der Waals surface area contributed by atoms with Gasteiger partial charge in [-0.25, -0.2) is 9.78 Å². The van der Waals surface area contributed by atoms with Crippen molar-refractivity contribution in [2.45, 2.75) is 38.0 Å². The van der Waals surface area contributed by atoms with Crippen LogP contribution in [0.4, 0.5) is 4.79 Å². The molecule has 1 aromatic heterocycles. The molecule has 0 radical (unpaired) electrons. The van der Waals surface area contributed by atoms with Crippen molar-refractivity contribution in [3.05, 3.63) is 40.4 Å². The van der Waals surface area contributed by atoms with Gasteiger partial charge in [-0.15, -0.1) is 0 Å². The van der Waals surface area contributed by atoms with Gasteiger partial charge in [-0.1, -0.05) is 12.1 Å². The number of H-pyrrole nitrogens is 1. The lowest BCUT2D eigenvalue weighted by atomic mass is 10.1. The predicted octanol–water partition coefficient (Wildman–Crippen LogP) is 1.35. The Balaban J connectivity index is 1.62. The van der Waals surface area contributed by atoms with E-state index < -0.39 is 18.2 Å². The monoisotopic (exact) mass is 386 g/mol. The molecule has 1 saturated heterocycles. The van der Waals surface area contributed by atoms with Crippen molar-refractivity contribution < 1.29 is 19.4 Å². The fourth-order valence-electron chi connectivity index (χ4n) is 3.61. The van der Waals surface area contributed by atoms with Crippen LogP contribution in [0, 0.1) is 0 Å². The quantitative estimate of drug-likeness (QED) is 0.820. The van der Waals surface area contributed by atoms with Crippen LogP contribution in [0.3, 0.4) is 0 Å². The molecule has 2 fully saturated rings. The number of benzene rings is 1.